The highest BCUT2D eigenvalue weighted by Crippen LogP contribution is 2.40. The average molecular weight is 404 g/mol. The summed E-state index contributed by atoms with van der Waals surface area (Å²) in [4.78, 5) is 25.6. The van der Waals surface area contributed by atoms with Crippen LogP contribution in [-0.2, 0) is 23.8 Å². The molecule has 0 aromatic heterocycles. The first-order valence-electron chi connectivity index (χ1n) is 6.72. The summed E-state index contributed by atoms with van der Waals surface area (Å²) in [6.45, 7) is -0.180. The fraction of sp³-hybridized carbons (Fsp3) is 0.333. The molecule has 1 aliphatic heterocycles. The maximum absolute atomic E-state index is 13.6. The first kappa shape index (κ1) is 18.2. The normalized spacial score (nSPS) is 14.5. The maximum atomic E-state index is 13.6. The number of carbonyl (C=O) groups excluding carboxylic acids is 2. The van der Waals surface area contributed by atoms with Gasteiger partial charge in [-0.25, -0.2) is 14.0 Å². The first-order valence-corrected chi connectivity index (χ1v) is 7.52. The molecule has 0 saturated heterocycles. The maximum Gasteiger partial charge on any atom is 0.355 e. The molecule has 0 bridgehead atoms. The number of benzene rings is 1. The SMILES string of the molecule is COC(=O)C1=C(C(=O)OC)N(c2c(Br)cc(F)cc2OC)COC1. The molecule has 24 heavy (non-hydrogen) atoms. The van der Waals surface area contributed by atoms with Crippen molar-refractivity contribution in [1.29, 1.82) is 0 Å². The molecule has 0 amide bonds. The minimum absolute atomic E-state index is 0.00567. The number of methoxy groups -OCH3 is 3. The molecule has 1 aromatic rings. The Bertz CT molecular complexity index is 705. The summed E-state index contributed by atoms with van der Waals surface area (Å²) in [7, 11) is 3.74. The second kappa shape index (κ2) is 7.63. The Morgan fingerprint density at radius 3 is 2.46 bits per heavy atom. The fourth-order valence-electron chi connectivity index (χ4n) is 2.28. The van der Waals surface area contributed by atoms with Gasteiger partial charge in [-0.1, -0.05) is 0 Å². The van der Waals surface area contributed by atoms with Gasteiger partial charge in [0.05, 0.1) is 33.5 Å². The summed E-state index contributed by atoms with van der Waals surface area (Å²) in [5, 5.41) is 0. The van der Waals surface area contributed by atoms with E-state index in [1.807, 2.05) is 0 Å². The molecule has 130 valence electrons. The van der Waals surface area contributed by atoms with Crippen molar-refractivity contribution in [3.63, 3.8) is 0 Å². The van der Waals surface area contributed by atoms with E-state index in [9.17, 15) is 14.0 Å². The predicted molar refractivity (Wildman–Crippen MR) is 85.0 cm³/mol. The zero-order valence-electron chi connectivity index (χ0n) is 13.2. The van der Waals surface area contributed by atoms with Gasteiger partial charge >= 0.3 is 11.9 Å². The number of anilines is 1. The number of hydrogen-bond acceptors (Lipinski definition) is 7. The van der Waals surface area contributed by atoms with Crippen LogP contribution in [0.2, 0.25) is 0 Å². The largest absolute Gasteiger partial charge is 0.494 e. The van der Waals surface area contributed by atoms with Gasteiger partial charge < -0.3 is 23.8 Å². The Hall–Kier alpha value is -2.13. The van der Waals surface area contributed by atoms with Crippen LogP contribution in [0.15, 0.2) is 27.9 Å². The molecule has 0 saturated carbocycles. The fourth-order valence-corrected chi connectivity index (χ4v) is 2.91. The van der Waals surface area contributed by atoms with Crippen molar-refractivity contribution in [2.45, 2.75) is 0 Å². The summed E-state index contributed by atoms with van der Waals surface area (Å²) in [5.41, 5.74) is 0.260. The number of halogens is 2. The Kier molecular flexibility index (Phi) is 5.79. The summed E-state index contributed by atoms with van der Waals surface area (Å²) >= 11 is 3.24. The van der Waals surface area contributed by atoms with Gasteiger partial charge in [-0.3, -0.25) is 0 Å². The second-order valence-electron chi connectivity index (χ2n) is 4.65. The van der Waals surface area contributed by atoms with Crippen molar-refractivity contribution >= 4 is 33.6 Å². The third-order valence-corrected chi connectivity index (χ3v) is 3.92. The topological polar surface area (TPSA) is 74.3 Å². The average Bonchev–Trinajstić information content (AvgIpc) is 2.59. The van der Waals surface area contributed by atoms with E-state index in [4.69, 9.17) is 18.9 Å². The van der Waals surface area contributed by atoms with Crippen LogP contribution in [0, 0.1) is 5.82 Å². The van der Waals surface area contributed by atoms with Crippen molar-refractivity contribution in [2.24, 2.45) is 0 Å². The molecule has 0 radical (unpaired) electrons. The van der Waals surface area contributed by atoms with Crippen LogP contribution < -0.4 is 9.64 Å². The van der Waals surface area contributed by atoms with Gasteiger partial charge in [0.2, 0.25) is 0 Å². The highest BCUT2D eigenvalue weighted by Gasteiger charge is 2.34. The smallest absolute Gasteiger partial charge is 0.355 e. The van der Waals surface area contributed by atoms with E-state index in [-0.39, 0.29) is 30.4 Å². The summed E-state index contributed by atoms with van der Waals surface area (Å²) in [5.74, 6) is -1.86. The quantitative estimate of drug-likeness (QED) is 0.711. The Balaban J connectivity index is 2.68. The highest BCUT2D eigenvalue weighted by molar-refractivity contribution is 9.10. The lowest BCUT2D eigenvalue weighted by Gasteiger charge is -2.32. The predicted octanol–water partition coefficient (Wildman–Crippen LogP) is 1.99. The zero-order valence-corrected chi connectivity index (χ0v) is 14.8. The van der Waals surface area contributed by atoms with Crippen molar-refractivity contribution in [2.75, 3.05) is 39.6 Å². The number of rotatable bonds is 4. The molecule has 0 spiro atoms. The first-order chi connectivity index (χ1) is 11.4. The highest BCUT2D eigenvalue weighted by atomic mass is 79.9. The van der Waals surface area contributed by atoms with Crippen LogP contribution in [-0.4, -0.2) is 46.6 Å². The second-order valence-corrected chi connectivity index (χ2v) is 5.51. The van der Waals surface area contributed by atoms with Crippen LogP contribution in [0.1, 0.15) is 0 Å². The molecule has 2 rings (SSSR count). The number of nitrogens with zero attached hydrogens (tertiary/aromatic N) is 1. The van der Waals surface area contributed by atoms with Gasteiger partial charge in [0.1, 0.15) is 29.7 Å². The minimum Gasteiger partial charge on any atom is -0.494 e. The van der Waals surface area contributed by atoms with Gasteiger partial charge in [0, 0.05) is 10.5 Å². The lowest BCUT2D eigenvalue weighted by Crippen LogP contribution is -2.39. The van der Waals surface area contributed by atoms with Crippen LogP contribution in [0.5, 0.6) is 5.75 Å². The molecule has 0 fully saturated rings. The van der Waals surface area contributed by atoms with Crippen molar-refractivity contribution < 1.29 is 32.9 Å². The third-order valence-electron chi connectivity index (χ3n) is 3.32. The van der Waals surface area contributed by atoms with E-state index in [0.29, 0.717) is 10.2 Å². The van der Waals surface area contributed by atoms with E-state index in [1.54, 1.807) is 0 Å². The minimum atomic E-state index is -0.753. The Morgan fingerprint density at radius 1 is 1.21 bits per heavy atom. The van der Waals surface area contributed by atoms with Gasteiger partial charge in [-0.2, -0.15) is 0 Å². The van der Waals surface area contributed by atoms with Crippen LogP contribution in [0.25, 0.3) is 0 Å². The molecule has 0 atom stereocenters. The van der Waals surface area contributed by atoms with Crippen LogP contribution in [0.3, 0.4) is 0 Å². The Labute approximate surface area is 146 Å². The number of esters is 2. The lowest BCUT2D eigenvalue weighted by molar-refractivity contribution is -0.140. The molecule has 0 aliphatic carbocycles. The molecule has 1 heterocycles. The van der Waals surface area contributed by atoms with Crippen LogP contribution >= 0.6 is 15.9 Å². The molecular weight excluding hydrogens is 389 g/mol. The van der Waals surface area contributed by atoms with Crippen LogP contribution in [0.4, 0.5) is 10.1 Å². The molecule has 0 N–H and O–H groups in total. The van der Waals surface area contributed by atoms with Gasteiger partial charge in [0.25, 0.3) is 0 Å². The molecule has 9 heteroatoms. The summed E-state index contributed by atoms with van der Waals surface area (Å²) < 4.78 is 33.9. The van der Waals surface area contributed by atoms with E-state index in [1.165, 1.54) is 32.3 Å². The van der Waals surface area contributed by atoms with Gasteiger partial charge in [-0.05, 0) is 22.0 Å². The van der Waals surface area contributed by atoms with Crippen molar-refractivity contribution in [3.05, 3.63) is 33.7 Å². The zero-order chi connectivity index (χ0) is 17.9. The van der Waals surface area contributed by atoms with Crippen molar-refractivity contribution in [1.82, 2.24) is 0 Å². The van der Waals surface area contributed by atoms with Crippen molar-refractivity contribution in [3.8, 4) is 5.75 Å². The van der Waals surface area contributed by atoms with Gasteiger partial charge in [0.15, 0.2) is 0 Å². The van der Waals surface area contributed by atoms with E-state index < -0.39 is 17.8 Å². The Morgan fingerprint density at radius 2 is 1.88 bits per heavy atom. The monoisotopic (exact) mass is 403 g/mol. The third kappa shape index (κ3) is 3.36. The molecule has 1 aliphatic rings. The lowest BCUT2D eigenvalue weighted by atomic mass is 10.1. The van der Waals surface area contributed by atoms with Gasteiger partial charge in [-0.15, -0.1) is 0 Å². The number of ether oxygens (including phenoxy) is 4. The molecule has 0 unspecified atom stereocenters. The number of carbonyl (C=O) groups is 2. The number of hydrogen-bond donors (Lipinski definition) is 0. The van der Waals surface area contributed by atoms with E-state index in [2.05, 4.69) is 15.9 Å². The van der Waals surface area contributed by atoms with E-state index >= 15 is 0 Å². The van der Waals surface area contributed by atoms with E-state index in [0.717, 1.165) is 6.07 Å². The summed E-state index contributed by atoms with van der Waals surface area (Å²) in [6, 6.07) is 2.36. The molecular formula is C15H15BrFNO6. The standard InChI is InChI=1S/C15H15BrFNO6/c1-21-11-5-8(17)4-10(16)13(11)18-7-24-6-9(14(19)22-2)12(18)15(20)23-3/h4-5H,6-7H2,1-3H3. The molecule has 1 aromatic carbocycles. The molecule has 7 nitrogen and oxygen atoms in total. The summed E-state index contributed by atoms with van der Waals surface area (Å²) in [6.07, 6.45) is 0.